The van der Waals surface area contributed by atoms with Gasteiger partial charge in [0, 0.05) is 0 Å². The molecule has 0 spiro atoms. The summed E-state index contributed by atoms with van der Waals surface area (Å²) in [5.41, 5.74) is 2.64. The highest BCUT2D eigenvalue weighted by Crippen LogP contribution is 2.15. The molecule has 0 rings (SSSR count). The first kappa shape index (κ1) is 11.4. The van der Waals surface area contributed by atoms with Gasteiger partial charge in [-0.05, 0) is 32.3 Å². The zero-order chi connectivity index (χ0) is 9.72. The smallest absolute Gasteiger partial charge is 0.0695 e. The molecule has 0 aromatic heterocycles. The second-order valence-electron chi connectivity index (χ2n) is 3.71. The third kappa shape index (κ3) is 4.35. The van der Waals surface area contributed by atoms with Gasteiger partial charge in [0.2, 0.25) is 0 Å². The number of hydrogen-bond donors (Lipinski definition) is 1. The van der Waals surface area contributed by atoms with Gasteiger partial charge in [-0.1, -0.05) is 31.6 Å². The number of hydrogen-bond acceptors (Lipinski definition) is 1. The lowest BCUT2D eigenvalue weighted by Gasteiger charge is -2.09. The average molecular weight is 168 g/mol. The van der Waals surface area contributed by atoms with Gasteiger partial charge in [0.25, 0.3) is 0 Å². The van der Waals surface area contributed by atoms with E-state index >= 15 is 0 Å². The van der Waals surface area contributed by atoms with E-state index in [1.165, 1.54) is 11.1 Å². The molecule has 1 N–H and O–H groups in total. The standard InChI is InChI=1S/C11H20O/c1-8(2)11(9(3)4)7-6-10(5)12/h6-8,10,12H,1-5H3/b7-6+. The maximum atomic E-state index is 9.06. The average Bonchev–Trinajstić information content (AvgIpc) is 1.84. The van der Waals surface area contributed by atoms with Crippen molar-refractivity contribution in [2.45, 2.75) is 40.7 Å². The van der Waals surface area contributed by atoms with Gasteiger partial charge in [0.1, 0.15) is 0 Å². The Morgan fingerprint density at radius 2 is 1.67 bits per heavy atom. The van der Waals surface area contributed by atoms with Crippen LogP contribution < -0.4 is 0 Å². The molecule has 1 nitrogen and oxygen atoms in total. The van der Waals surface area contributed by atoms with E-state index in [0.717, 1.165) is 0 Å². The van der Waals surface area contributed by atoms with Crippen molar-refractivity contribution >= 4 is 0 Å². The molecule has 0 radical (unpaired) electrons. The highest BCUT2D eigenvalue weighted by Gasteiger charge is 2.00. The first-order valence-electron chi connectivity index (χ1n) is 4.48. The van der Waals surface area contributed by atoms with Crippen LogP contribution in [0.2, 0.25) is 0 Å². The summed E-state index contributed by atoms with van der Waals surface area (Å²) in [4.78, 5) is 0. The van der Waals surface area contributed by atoms with E-state index < -0.39 is 0 Å². The molecule has 1 unspecified atom stereocenters. The number of aliphatic hydroxyl groups is 1. The third-order valence-electron chi connectivity index (χ3n) is 1.75. The Bertz CT molecular complexity index is 181. The van der Waals surface area contributed by atoms with Crippen molar-refractivity contribution in [1.82, 2.24) is 0 Å². The molecule has 0 bridgehead atoms. The van der Waals surface area contributed by atoms with Crippen molar-refractivity contribution in [3.05, 3.63) is 23.3 Å². The van der Waals surface area contributed by atoms with Crippen LogP contribution in [-0.2, 0) is 0 Å². The molecule has 0 aliphatic carbocycles. The molecule has 1 heteroatoms. The Kier molecular flexibility index (Phi) is 4.91. The molecule has 0 aliphatic heterocycles. The van der Waals surface area contributed by atoms with Gasteiger partial charge in [-0.25, -0.2) is 0 Å². The molecule has 70 valence electrons. The van der Waals surface area contributed by atoms with Crippen molar-refractivity contribution in [1.29, 1.82) is 0 Å². The zero-order valence-corrected chi connectivity index (χ0v) is 8.76. The van der Waals surface area contributed by atoms with Gasteiger partial charge in [0.15, 0.2) is 0 Å². The summed E-state index contributed by atoms with van der Waals surface area (Å²) in [5, 5.41) is 9.06. The summed E-state index contributed by atoms with van der Waals surface area (Å²) in [6.45, 7) is 10.3. The summed E-state index contributed by atoms with van der Waals surface area (Å²) in [6.07, 6.45) is 3.49. The summed E-state index contributed by atoms with van der Waals surface area (Å²) < 4.78 is 0. The summed E-state index contributed by atoms with van der Waals surface area (Å²) in [7, 11) is 0. The molecule has 0 fully saturated rings. The molecule has 12 heavy (non-hydrogen) atoms. The fraction of sp³-hybridized carbons (Fsp3) is 0.636. The van der Waals surface area contributed by atoms with E-state index in [2.05, 4.69) is 27.7 Å². The monoisotopic (exact) mass is 168 g/mol. The minimum Gasteiger partial charge on any atom is -0.389 e. The molecule has 0 aromatic rings. The maximum Gasteiger partial charge on any atom is 0.0695 e. The van der Waals surface area contributed by atoms with Crippen LogP contribution in [0.4, 0.5) is 0 Å². The second-order valence-corrected chi connectivity index (χ2v) is 3.71. The lowest BCUT2D eigenvalue weighted by atomic mass is 9.98. The largest absolute Gasteiger partial charge is 0.389 e. The zero-order valence-electron chi connectivity index (χ0n) is 8.76. The van der Waals surface area contributed by atoms with Crippen LogP contribution in [0.1, 0.15) is 34.6 Å². The molecule has 0 saturated heterocycles. The summed E-state index contributed by atoms with van der Waals surface area (Å²) in [6, 6.07) is 0. The van der Waals surface area contributed by atoms with Gasteiger partial charge in [-0.15, -0.1) is 0 Å². The fourth-order valence-corrected chi connectivity index (χ4v) is 1.18. The first-order valence-corrected chi connectivity index (χ1v) is 4.48. The Labute approximate surface area is 75.8 Å². The van der Waals surface area contributed by atoms with E-state index in [9.17, 15) is 0 Å². The summed E-state index contributed by atoms with van der Waals surface area (Å²) in [5.74, 6) is 0.532. The molecular weight excluding hydrogens is 148 g/mol. The number of aliphatic hydroxyl groups excluding tert-OH is 1. The lowest BCUT2D eigenvalue weighted by molar-refractivity contribution is 0.244. The number of allylic oxidation sites excluding steroid dienone is 3. The van der Waals surface area contributed by atoms with Crippen LogP contribution in [0.15, 0.2) is 23.3 Å². The number of rotatable bonds is 3. The molecular formula is C11H20O. The minimum absolute atomic E-state index is 0.349. The summed E-state index contributed by atoms with van der Waals surface area (Å²) >= 11 is 0. The van der Waals surface area contributed by atoms with Crippen LogP contribution in [0.3, 0.4) is 0 Å². The van der Waals surface area contributed by atoms with E-state index in [-0.39, 0.29) is 6.10 Å². The van der Waals surface area contributed by atoms with Crippen LogP contribution in [0.5, 0.6) is 0 Å². The normalized spacial score (nSPS) is 13.9. The van der Waals surface area contributed by atoms with Gasteiger partial charge >= 0.3 is 0 Å². The van der Waals surface area contributed by atoms with Crippen LogP contribution in [-0.4, -0.2) is 11.2 Å². The molecule has 0 aromatic carbocycles. The van der Waals surface area contributed by atoms with E-state index in [4.69, 9.17) is 5.11 Å². The SMILES string of the molecule is CC(C)=C(/C=C/C(C)O)C(C)C. The van der Waals surface area contributed by atoms with Gasteiger partial charge in [-0.3, -0.25) is 0 Å². The van der Waals surface area contributed by atoms with Crippen molar-refractivity contribution in [3.63, 3.8) is 0 Å². The van der Waals surface area contributed by atoms with Crippen LogP contribution >= 0.6 is 0 Å². The predicted octanol–water partition coefficient (Wildman–Crippen LogP) is 2.92. The Hall–Kier alpha value is -0.560. The topological polar surface area (TPSA) is 20.2 Å². The minimum atomic E-state index is -0.349. The van der Waals surface area contributed by atoms with Gasteiger partial charge in [-0.2, -0.15) is 0 Å². The molecule has 0 aliphatic rings. The van der Waals surface area contributed by atoms with E-state index in [1.807, 2.05) is 12.2 Å². The first-order chi connectivity index (χ1) is 5.45. The van der Waals surface area contributed by atoms with Gasteiger partial charge in [0.05, 0.1) is 6.10 Å². The van der Waals surface area contributed by atoms with Crippen molar-refractivity contribution in [2.24, 2.45) is 5.92 Å². The van der Waals surface area contributed by atoms with Crippen molar-refractivity contribution in [3.8, 4) is 0 Å². The van der Waals surface area contributed by atoms with E-state index in [1.54, 1.807) is 6.92 Å². The van der Waals surface area contributed by atoms with Crippen molar-refractivity contribution < 1.29 is 5.11 Å². The van der Waals surface area contributed by atoms with E-state index in [0.29, 0.717) is 5.92 Å². The quantitative estimate of drug-likeness (QED) is 0.642. The second kappa shape index (κ2) is 5.15. The van der Waals surface area contributed by atoms with Gasteiger partial charge < -0.3 is 5.11 Å². The maximum absolute atomic E-state index is 9.06. The fourth-order valence-electron chi connectivity index (χ4n) is 1.18. The van der Waals surface area contributed by atoms with Crippen LogP contribution in [0, 0.1) is 5.92 Å². The van der Waals surface area contributed by atoms with Crippen molar-refractivity contribution in [2.75, 3.05) is 0 Å². The molecule has 1 atom stereocenters. The van der Waals surface area contributed by atoms with Crippen LogP contribution in [0.25, 0.3) is 0 Å². The molecule has 0 heterocycles. The Morgan fingerprint density at radius 1 is 1.17 bits per heavy atom. The lowest BCUT2D eigenvalue weighted by Crippen LogP contribution is -1.97. The molecule has 0 amide bonds. The highest BCUT2D eigenvalue weighted by atomic mass is 16.3. The Morgan fingerprint density at radius 3 is 1.92 bits per heavy atom. The molecule has 0 saturated carbocycles. The highest BCUT2D eigenvalue weighted by molar-refractivity contribution is 5.25. The third-order valence-corrected chi connectivity index (χ3v) is 1.75. The predicted molar refractivity (Wildman–Crippen MR) is 54.0 cm³/mol. The Balaban J connectivity index is 4.47.